The summed E-state index contributed by atoms with van der Waals surface area (Å²) >= 11 is 0. The maximum absolute atomic E-state index is 12.3. The zero-order valence-electron chi connectivity index (χ0n) is 13.4. The fourth-order valence-electron chi connectivity index (χ4n) is 3.69. The molecule has 0 aliphatic carbocycles. The van der Waals surface area contributed by atoms with Crippen LogP contribution in [0.3, 0.4) is 0 Å². The number of aliphatic imine (C=N–C) groups is 1. The van der Waals surface area contributed by atoms with Gasteiger partial charge in [0.2, 0.25) is 6.79 Å². The van der Waals surface area contributed by atoms with Gasteiger partial charge in [-0.15, -0.1) is 0 Å². The second-order valence-corrected chi connectivity index (χ2v) is 6.28. The van der Waals surface area contributed by atoms with Crippen LogP contribution in [0, 0.1) is 16.0 Å². The molecular weight excluding hydrogens is 340 g/mol. The first-order valence-electron chi connectivity index (χ1n) is 8.04. The summed E-state index contributed by atoms with van der Waals surface area (Å²) in [6.07, 6.45) is 0. The molecule has 2 atom stereocenters. The van der Waals surface area contributed by atoms with Crippen LogP contribution in [0.15, 0.2) is 41.4 Å². The first-order valence-corrected chi connectivity index (χ1v) is 8.04. The van der Waals surface area contributed by atoms with Crippen molar-refractivity contribution in [3.8, 4) is 11.5 Å². The third kappa shape index (κ3) is 2.08. The zero-order chi connectivity index (χ0) is 17.8. The Bertz CT molecular complexity index is 982. The predicted molar refractivity (Wildman–Crippen MR) is 89.0 cm³/mol. The number of hydrogen-bond acceptors (Lipinski definition) is 7. The molecule has 130 valence electrons. The number of fused-ring (bicyclic) bond motifs is 3. The van der Waals surface area contributed by atoms with Crippen LogP contribution in [0.1, 0.15) is 17.0 Å². The minimum atomic E-state index is -0.538. The van der Waals surface area contributed by atoms with Crippen LogP contribution in [0.5, 0.6) is 11.5 Å². The largest absolute Gasteiger partial charge is 0.459 e. The monoisotopic (exact) mass is 352 g/mol. The number of benzene rings is 2. The maximum atomic E-state index is 12.3. The van der Waals surface area contributed by atoms with Crippen molar-refractivity contribution >= 4 is 23.1 Å². The molecule has 0 radical (unpaired) electrons. The van der Waals surface area contributed by atoms with Gasteiger partial charge in [0.25, 0.3) is 5.69 Å². The Kier molecular flexibility index (Phi) is 3.03. The van der Waals surface area contributed by atoms with Crippen LogP contribution in [-0.2, 0) is 9.53 Å². The van der Waals surface area contributed by atoms with Crippen LogP contribution in [0.25, 0.3) is 0 Å². The third-order valence-corrected chi connectivity index (χ3v) is 4.89. The molecule has 3 aliphatic heterocycles. The van der Waals surface area contributed by atoms with Crippen LogP contribution in [0.4, 0.5) is 11.4 Å². The molecule has 1 fully saturated rings. The number of nitro benzene ring substituents is 1. The van der Waals surface area contributed by atoms with Crippen molar-refractivity contribution in [1.82, 2.24) is 0 Å². The highest BCUT2D eigenvalue weighted by Crippen LogP contribution is 2.49. The quantitative estimate of drug-likeness (QED) is 0.468. The first-order chi connectivity index (χ1) is 12.6. The van der Waals surface area contributed by atoms with Gasteiger partial charge in [0.15, 0.2) is 11.5 Å². The Morgan fingerprint density at radius 1 is 1.04 bits per heavy atom. The minimum Gasteiger partial charge on any atom is -0.459 e. The van der Waals surface area contributed by atoms with Gasteiger partial charge in [-0.05, 0) is 17.2 Å². The van der Waals surface area contributed by atoms with Crippen LogP contribution >= 0.6 is 0 Å². The van der Waals surface area contributed by atoms with E-state index in [1.54, 1.807) is 18.2 Å². The van der Waals surface area contributed by atoms with Crippen molar-refractivity contribution in [2.75, 3.05) is 13.4 Å². The Morgan fingerprint density at radius 3 is 2.50 bits per heavy atom. The summed E-state index contributed by atoms with van der Waals surface area (Å²) in [5.41, 5.74) is 2.95. The van der Waals surface area contributed by atoms with Crippen LogP contribution < -0.4 is 9.47 Å². The lowest BCUT2D eigenvalue weighted by Crippen LogP contribution is -2.27. The molecule has 0 bridgehead atoms. The molecule has 8 nitrogen and oxygen atoms in total. The molecular formula is C18H12N2O6. The van der Waals surface area contributed by atoms with Crippen molar-refractivity contribution in [2.24, 2.45) is 10.9 Å². The maximum Gasteiger partial charge on any atom is 0.316 e. The standard InChI is InChI=1S/C18H12N2O6/c21-18-17-13(7-24-18)19-12-6-15-14(25-8-26-15)5-11(12)16(17)9-1-3-10(4-2-9)20(22)23/h1-6,16-17H,7-8H2. The van der Waals surface area contributed by atoms with Crippen molar-refractivity contribution in [1.29, 1.82) is 0 Å². The fourth-order valence-corrected chi connectivity index (χ4v) is 3.69. The molecule has 8 heteroatoms. The van der Waals surface area contributed by atoms with Gasteiger partial charge in [-0.25, -0.2) is 0 Å². The molecule has 26 heavy (non-hydrogen) atoms. The van der Waals surface area contributed by atoms with E-state index in [-0.39, 0.29) is 31.0 Å². The predicted octanol–water partition coefficient (Wildman–Crippen LogP) is 2.71. The Balaban J connectivity index is 1.68. The van der Waals surface area contributed by atoms with E-state index in [9.17, 15) is 14.9 Å². The van der Waals surface area contributed by atoms with Crippen LogP contribution in [0.2, 0.25) is 0 Å². The zero-order valence-corrected chi connectivity index (χ0v) is 13.4. The molecule has 2 unspecified atom stereocenters. The van der Waals surface area contributed by atoms with E-state index in [0.29, 0.717) is 22.9 Å². The number of non-ortho nitro benzene ring substituents is 1. The Labute approximate surface area is 147 Å². The molecule has 2 aromatic rings. The highest BCUT2D eigenvalue weighted by molar-refractivity contribution is 6.11. The van der Waals surface area contributed by atoms with E-state index < -0.39 is 10.8 Å². The summed E-state index contributed by atoms with van der Waals surface area (Å²) in [7, 11) is 0. The van der Waals surface area contributed by atoms with Crippen LogP contribution in [-0.4, -0.2) is 30.0 Å². The van der Waals surface area contributed by atoms with E-state index in [1.807, 2.05) is 6.07 Å². The summed E-state index contributed by atoms with van der Waals surface area (Å²) < 4.78 is 16.1. The molecule has 3 heterocycles. The van der Waals surface area contributed by atoms with E-state index in [4.69, 9.17) is 14.2 Å². The molecule has 2 aromatic carbocycles. The number of nitrogens with zero attached hydrogens (tertiary/aromatic N) is 2. The number of carbonyl (C=O) groups is 1. The highest BCUT2D eigenvalue weighted by atomic mass is 16.7. The summed E-state index contributed by atoms with van der Waals surface area (Å²) in [6, 6.07) is 9.84. The average molecular weight is 352 g/mol. The third-order valence-electron chi connectivity index (χ3n) is 4.89. The highest BCUT2D eigenvalue weighted by Gasteiger charge is 2.45. The number of hydrogen-bond donors (Lipinski definition) is 0. The van der Waals surface area contributed by atoms with Gasteiger partial charge in [0.1, 0.15) is 12.5 Å². The lowest BCUT2D eigenvalue weighted by Gasteiger charge is -2.27. The first kappa shape index (κ1) is 14.9. The fraction of sp³-hybridized carbons (Fsp3) is 0.222. The van der Waals surface area contributed by atoms with Crippen molar-refractivity contribution in [2.45, 2.75) is 5.92 Å². The van der Waals surface area contributed by atoms with E-state index in [2.05, 4.69) is 4.99 Å². The molecule has 0 N–H and O–H groups in total. The second kappa shape index (κ2) is 5.29. The number of carbonyl (C=O) groups excluding carboxylic acids is 1. The summed E-state index contributed by atoms with van der Waals surface area (Å²) in [6.45, 7) is 0.295. The number of nitro groups is 1. The number of rotatable bonds is 2. The molecule has 5 rings (SSSR count). The smallest absolute Gasteiger partial charge is 0.316 e. The van der Waals surface area contributed by atoms with Gasteiger partial charge >= 0.3 is 5.97 Å². The second-order valence-electron chi connectivity index (χ2n) is 6.28. The minimum absolute atomic E-state index is 0.00152. The van der Waals surface area contributed by atoms with Crippen molar-refractivity contribution in [3.05, 3.63) is 57.6 Å². The van der Waals surface area contributed by atoms with E-state index in [1.165, 1.54) is 12.1 Å². The Morgan fingerprint density at radius 2 is 1.77 bits per heavy atom. The van der Waals surface area contributed by atoms with Crippen molar-refractivity contribution in [3.63, 3.8) is 0 Å². The number of esters is 1. The molecule has 1 saturated heterocycles. The SMILES string of the molecule is O=C1OCC2=Nc3cc4c(cc3C(c3ccc([N+](=O)[O-])cc3)C12)OCO4. The van der Waals surface area contributed by atoms with Gasteiger partial charge in [0.05, 0.1) is 16.3 Å². The van der Waals surface area contributed by atoms with Gasteiger partial charge in [-0.1, -0.05) is 12.1 Å². The number of ether oxygens (including phenoxy) is 3. The topological polar surface area (TPSA) is 100 Å². The summed E-state index contributed by atoms with van der Waals surface area (Å²) in [5, 5.41) is 10.9. The van der Waals surface area contributed by atoms with Gasteiger partial charge in [-0.3, -0.25) is 19.9 Å². The Hall–Kier alpha value is -3.42. The van der Waals surface area contributed by atoms with Gasteiger partial charge in [-0.2, -0.15) is 0 Å². The van der Waals surface area contributed by atoms with Gasteiger partial charge < -0.3 is 14.2 Å². The lowest BCUT2D eigenvalue weighted by atomic mass is 9.76. The molecule has 0 saturated carbocycles. The normalized spacial score (nSPS) is 22.3. The van der Waals surface area contributed by atoms with Crippen molar-refractivity contribution < 1.29 is 23.9 Å². The lowest BCUT2D eigenvalue weighted by molar-refractivity contribution is -0.384. The summed E-state index contributed by atoms with van der Waals surface area (Å²) in [5.74, 6) is -0.0116. The van der Waals surface area contributed by atoms with E-state index >= 15 is 0 Å². The van der Waals surface area contributed by atoms with E-state index in [0.717, 1.165) is 11.1 Å². The molecule has 0 aromatic heterocycles. The molecule has 0 amide bonds. The number of cyclic esters (lactones) is 1. The molecule has 0 spiro atoms. The van der Waals surface area contributed by atoms with Gasteiger partial charge in [0, 0.05) is 24.1 Å². The summed E-state index contributed by atoms with van der Waals surface area (Å²) in [4.78, 5) is 27.4. The molecule has 3 aliphatic rings. The average Bonchev–Trinajstić information content (AvgIpc) is 3.24.